The van der Waals surface area contributed by atoms with E-state index in [0.29, 0.717) is 35.0 Å². The average molecular weight is 475 g/mol. The summed E-state index contributed by atoms with van der Waals surface area (Å²) in [5.74, 6) is 1.19. The molecule has 0 spiro atoms. The molecule has 1 aliphatic rings. The van der Waals surface area contributed by atoms with Crippen molar-refractivity contribution in [2.24, 2.45) is 5.92 Å². The highest BCUT2D eigenvalue weighted by Gasteiger charge is 2.26. The molecule has 4 aromatic rings. The van der Waals surface area contributed by atoms with E-state index in [0.717, 1.165) is 34.9 Å². The predicted molar refractivity (Wildman–Crippen MR) is 124 cm³/mol. The quantitative estimate of drug-likeness (QED) is 0.387. The number of hydrogen-bond donors (Lipinski definition) is 0. The molecule has 178 valence electrons. The maximum Gasteiger partial charge on any atom is 0.280 e. The van der Waals surface area contributed by atoms with Gasteiger partial charge in [0.05, 0.1) is 28.3 Å². The smallest absolute Gasteiger partial charge is 0.268 e. The van der Waals surface area contributed by atoms with Gasteiger partial charge in [-0.05, 0) is 57.2 Å². The molecule has 0 aliphatic heterocycles. The molecule has 10 heteroatoms. The third kappa shape index (κ3) is 4.41. The lowest BCUT2D eigenvalue weighted by molar-refractivity contribution is 0.146. The highest BCUT2D eigenvalue weighted by Crippen LogP contribution is 2.33. The van der Waals surface area contributed by atoms with Gasteiger partial charge in [-0.15, -0.1) is 0 Å². The van der Waals surface area contributed by atoms with Crippen molar-refractivity contribution in [3.63, 3.8) is 0 Å². The molecule has 0 radical (unpaired) electrons. The lowest BCUT2D eigenvalue weighted by atomic mass is 10.1. The van der Waals surface area contributed by atoms with Crippen LogP contribution in [0, 0.1) is 38.0 Å². The van der Waals surface area contributed by atoms with Gasteiger partial charge in [-0.3, -0.25) is 9.67 Å². The van der Waals surface area contributed by atoms with Crippen molar-refractivity contribution in [2.45, 2.75) is 53.0 Å². The van der Waals surface area contributed by atoms with E-state index in [1.807, 2.05) is 24.6 Å². The largest absolute Gasteiger partial charge is 0.280 e. The van der Waals surface area contributed by atoms with Gasteiger partial charge in [0.1, 0.15) is 18.1 Å². The van der Waals surface area contributed by atoms with E-state index in [4.69, 9.17) is 5.10 Å². The molecule has 4 aromatic heterocycles. The van der Waals surface area contributed by atoms with E-state index in [9.17, 15) is 14.0 Å². The van der Waals surface area contributed by atoms with Gasteiger partial charge >= 0.3 is 0 Å². The zero-order chi connectivity index (χ0) is 24.7. The molecule has 0 atom stereocenters. The normalized spacial score (nSPS) is 13.4. The summed E-state index contributed by atoms with van der Waals surface area (Å²) < 4.78 is 29.6. The molecule has 0 bridgehead atoms. The number of rotatable bonds is 7. The van der Waals surface area contributed by atoms with Gasteiger partial charge in [0.2, 0.25) is 0 Å². The molecule has 0 amide bonds. The first-order valence-electron chi connectivity index (χ1n) is 11.4. The topological polar surface area (TPSA) is 98.1 Å². The zero-order valence-corrected chi connectivity index (χ0v) is 19.7. The Morgan fingerprint density at radius 3 is 2.54 bits per heavy atom. The number of aromatic nitrogens is 7. The van der Waals surface area contributed by atoms with Crippen LogP contribution >= 0.6 is 0 Å². The van der Waals surface area contributed by atoms with E-state index in [1.54, 1.807) is 17.7 Å². The van der Waals surface area contributed by atoms with E-state index in [2.05, 4.69) is 26.1 Å². The zero-order valence-electron chi connectivity index (χ0n) is 19.7. The van der Waals surface area contributed by atoms with E-state index < -0.39 is 6.43 Å². The van der Waals surface area contributed by atoms with Crippen LogP contribution in [0.5, 0.6) is 0 Å². The van der Waals surface area contributed by atoms with Gasteiger partial charge in [0.25, 0.3) is 6.43 Å². The van der Waals surface area contributed by atoms with Crippen LogP contribution in [-0.4, -0.2) is 34.5 Å². The van der Waals surface area contributed by atoms with Crippen LogP contribution in [-0.2, 0) is 13.0 Å². The first-order chi connectivity index (χ1) is 16.9. The number of nitriles is 1. The van der Waals surface area contributed by atoms with Crippen LogP contribution in [0.3, 0.4) is 0 Å². The molecule has 0 aromatic carbocycles. The maximum atomic E-state index is 12.9. The minimum atomic E-state index is -2.61. The standard InChI is InChI=1S/C25H24F2N8/c1-14-22(8-19-9-23(31-13-30-19)35-16(3)20(10-28)15(2)32-35)34(12-17-4-5-17)33-24(14)18-6-7-21(25(26)27)29-11-18/h6-7,9,11,13,17,25H,4-5,8,12H2,1-3H3. The summed E-state index contributed by atoms with van der Waals surface area (Å²) in [5.41, 5.74) is 5.89. The van der Waals surface area contributed by atoms with Crippen molar-refractivity contribution in [3.05, 3.63) is 70.3 Å². The Hall–Kier alpha value is -4.00. The predicted octanol–water partition coefficient (Wildman–Crippen LogP) is 4.66. The van der Waals surface area contributed by atoms with Gasteiger partial charge in [-0.1, -0.05) is 0 Å². The number of pyridine rings is 1. The molecule has 8 nitrogen and oxygen atoms in total. The Bertz CT molecular complexity index is 1430. The fourth-order valence-electron chi connectivity index (χ4n) is 4.25. The Kier molecular flexibility index (Phi) is 5.84. The highest BCUT2D eigenvalue weighted by molar-refractivity contribution is 5.63. The van der Waals surface area contributed by atoms with Crippen molar-refractivity contribution in [2.75, 3.05) is 0 Å². The maximum absolute atomic E-state index is 12.9. The van der Waals surface area contributed by atoms with Crippen LogP contribution in [0.1, 0.15) is 58.9 Å². The van der Waals surface area contributed by atoms with E-state index >= 15 is 0 Å². The molecule has 0 N–H and O–H groups in total. The van der Waals surface area contributed by atoms with Gasteiger partial charge in [0, 0.05) is 36.5 Å². The van der Waals surface area contributed by atoms with Crippen molar-refractivity contribution in [1.82, 2.24) is 34.5 Å². The second-order valence-corrected chi connectivity index (χ2v) is 8.93. The summed E-state index contributed by atoms with van der Waals surface area (Å²) in [6, 6.07) is 7.05. The molecule has 1 saturated carbocycles. The lowest BCUT2D eigenvalue weighted by Gasteiger charge is -2.09. The lowest BCUT2D eigenvalue weighted by Crippen LogP contribution is -2.10. The summed E-state index contributed by atoms with van der Waals surface area (Å²) in [6.07, 6.45) is 3.23. The molecule has 0 unspecified atom stereocenters. The summed E-state index contributed by atoms with van der Waals surface area (Å²) in [6.45, 7) is 6.44. The minimum absolute atomic E-state index is 0.249. The van der Waals surface area contributed by atoms with Crippen LogP contribution in [0.4, 0.5) is 8.78 Å². The van der Waals surface area contributed by atoms with Crippen LogP contribution in [0.2, 0.25) is 0 Å². The molecule has 1 aliphatic carbocycles. The second kappa shape index (κ2) is 8.98. The molecule has 5 rings (SSSR count). The van der Waals surface area contributed by atoms with E-state index in [-0.39, 0.29) is 5.69 Å². The van der Waals surface area contributed by atoms with Crippen LogP contribution in [0.15, 0.2) is 30.7 Å². The second-order valence-electron chi connectivity index (χ2n) is 8.93. The molecule has 35 heavy (non-hydrogen) atoms. The van der Waals surface area contributed by atoms with Gasteiger partial charge in [-0.2, -0.15) is 15.5 Å². The summed E-state index contributed by atoms with van der Waals surface area (Å²) in [5, 5.41) is 18.7. The summed E-state index contributed by atoms with van der Waals surface area (Å²) in [4.78, 5) is 12.8. The molecule has 1 fully saturated rings. The number of aryl methyl sites for hydroxylation is 1. The van der Waals surface area contributed by atoms with Gasteiger partial charge in [-0.25, -0.2) is 23.4 Å². The molecule has 4 heterocycles. The van der Waals surface area contributed by atoms with Gasteiger partial charge < -0.3 is 0 Å². The number of halogens is 2. The number of nitrogens with zero attached hydrogens (tertiary/aromatic N) is 8. The number of hydrogen-bond acceptors (Lipinski definition) is 6. The monoisotopic (exact) mass is 474 g/mol. The molecular formula is C25H24F2N8. The fourth-order valence-corrected chi connectivity index (χ4v) is 4.25. The van der Waals surface area contributed by atoms with Crippen molar-refractivity contribution in [3.8, 4) is 23.1 Å². The third-order valence-corrected chi connectivity index (χ3v) is 6.41. The Labute approximate surface area is 201 Å². The summed E-state index contributed by atoms with van der Waals surface area (Å²) in [7, 11) is 0. The van der Waals surface area contributed by atoms with Crippen LogP contribution < -0.4 is 0 Å². The number of alkyl halides is 2. The summed E-state index contributed by atoms with van der Waals surface area (Å²) >= 11 is 0. The molecular weight excluding hydrogens is 450 g/mol. The average Bonchev–Trinajstić information content (AvgIpc) is 3.56. The van der Waals surface area contributed by atoms with Crippen molar-refractivity contribution < 1.29 is 8.78 Å². The van der Waals surface area contributed by atoms with Crippen LogP contribution in [0.25, 0.3) is 17.1 Å². The third-order valence-electron chi connectivity index (χ3n) is 6.41. The highest BCUT2D eigenvalue weighted by atomic mass is 19.3. The Balaban J connectivity index is 1.50. The fraction of sp³-hybridized carbons (Fsp3) is 0.360. The molecule has 0 saturated heterocycles. The van der Waals surface area contributed by atoms with Gasteiger partial charge in [0.15, 0.2) is 5.82 Å². The Morgan fingerprint density at radius 1 is 1.11 bits per heavy atom. The van der Waals surface area contributed by atoms with Crippen molar-refractivity contribution in [1.29, 1.82) is 5.26 Å². The Morgan fingerprint density at radius 2 is 1.91 bits per heavy atom. The minimum Gasteiger partial charge on any atom is -0.268 e. The van der Waals surface area contributed by atoms with Crippen molar-refractivity contribution >= 4 is 0 Å². The first kappa shape index (κ1) is 22.8. The SMILES string of the molecule is Cc1nn(-c2cc(Cc3c(C)c(-c4ccc(C(F)F)nc4)nn3CC3CC3)ncn2)c(C)c1C#N. The van der Waals surface area contributed by atoms with E-state index in [1.165, 1.54) is 31.4 Å². The first-order valence-corrected chi connectivity index (χ1v) is 11.4.